The minimum atomic E-state index is -1.01. The highest BCUT2D eigenvalue weighted by Crippen LogP contribution is 2.21. The normalized spacial score (nSPS) is 15.5. The monoisotopic (exact) mass is 293 g/mol. The van der Waals surface area contributed by atoms with Gasteiger partial charge in [-0.2, -0.15) is 0 Å². The van der Waals surface area contributed by atoms with E-state index in [9.17, 15) is 14.4 Å². The lowest BCUT2D eigenvalue weighted by molar-refractivity contribution is -0.135. The number of Topliss-reactive ketones (excluding diaryl/α,β-unsaturated/α-hetero) is 1. The molecule has 1 aromatic rings. The largest absolute Gasteiger partial charge is 0.468 e. The van der Waals surface area contributed by atoms with Crippen LogP contribution in [0.5, 0.6) is 0 Å². The van der Waals surface area contributed by atoms with Gasteiger partial charge in [-0.15, -0.1) is 0 Å². The molecule has 2 rings (SSSR count). The number of furan rings is 1. The van der Waals surface area contributed by atoms with Gasteiger partial charge in [-0.1, -0.05) is 19.3 Å². The van der Waals surface area contributed by atoms with Crippen molar-refractivity contribution in [1.82, 2.24) is 5.32 Å². The Labute approximate surface area is 122 Å². The SMILES string of the molecule is COC(=O)C(=O)c1coc(C)c1C(=O)NC1CCCCC1. The second-order valence-electron chi connectivity index (χ2n) is 5.21. The number of amides is 1. The van der Waals surface area contributed by atoms with E-state index in [1.165, 1.54) is 6.42 Å². The van der Waals surface area contributed by atoms with Crippen LogP contribution in [0.2, 0.25) is 0 Å². The summed E-state index contributed by atoms with van der Waals surface area (Å²) in [6.07, 6.45) is 6.35. The van der Waals surface area contributed by atoms with Gasteiger partial charge in [-0.25, -0.2) is 4.79 Å². The third-order valence-corrected chi connectivity index (χ3v) is 3.76. The van der Waals surface area contributed by atoms with Gasteiger partial charge >= 0.3 is 5.97 Å². The predicted octanol–water partition coefficient (Wildman–Crippen LogP) is 2.01. The highest BCUT2D eigenvalue weighted by atomic mass is 16.5. The number of nitrogens with one attached hydrogen (secondary N) is 1. The number of aryl methyl sites for hydroxylation is 1. The fraction of sp³-hybridized carbons (Fsp3) is 0.533. The van der Waals surface area contributed by atoms with Crippen LogP contribution in [0.3, 0.4) is 0 Å². The molecule has 1 aromatic heterocycles. The van der Waals surface area contributed by atoms with Gasteiger partial charge in [0.05, 0.1) is 18.2 Å². The Bertz CT molecular complexity index is 554. The molecule has 1 N–H and O–H groups in total. The van der Waals surface area contributed by atoms with Crippen molar-refractivity contribution in [2.45, 2.75) is 45.1 Å². The Hall–Kier alpha value is -2.11. The van der Waals surface area contributed by atoms with Crippen molar-refractivity contribution in [3.05, 3.63) is 23.2 Å². The number of esters is 1. The average molecular weight is 293 g/mol. The van der Waals surface area contributed by atoms with Crippen LogP contribution in [0.4, 0.5) is 0 Å². The molecule has 1 heterocycles. The van der Waals surface area contributed by atoms with Crippen LogP contribution in [0, 0.1) is 6.92 Å². The van der Waals surface area contributed by atoms with Crippen molar-refractivity contribution >= 4 is 17.7 Å². The van der Waals surface area contributed by atoms with Gasteiger partial charge in [0.15, 0.2) is 0 Å². The van der Waals surface area contributed by atoms with Gasteiger partial charge in [0, 0.05) is 6.04 Å². The van der Waals surface area contributed by atoms with Crippen molar-refractivity contribution in [1.29, 1.82) is 0 Å². The number of carbonyl (C=O) groups is 3. The summed E-state index contributed by atoms with van der Waals surface area (Å²) < 4.78 is 9.53. The van der Waals surface area contributed by atoms with Crippen LogP contribution in [-0.2, 0) is 9.53 Å². The van der Waals surface area contributed by atoms with Gasteiger partial charge in [0.2, 0.25) is 0 Å². The number of ether oxygens (including phenoxy) is 1. The second-order valence-corrected chi connectivity index (χ2v) is 5.21. The van der Waals surface area contributed by atoms with E-state index < -0.39 is 11.8 Å². The third kappa shape index (κ3) is 3.32. The molecule has 6 nitrogen and oxygen atoms in total. The lowest BCUT2D eigenvalue weighted by Gasteiger charge is -2.22. The summed E-state index contributed by atoms with van der Waals surface area (Å²) in [5.41, 5.74) is 0.0728. The number of ketones is 1. The van der Waals surface area contributed by atoms with Crippen molar-refractivity contribution in [3.8, 4) is 0 Å². The summed E-state index contributed by atoms with van der Waals surface area (Å²) in [5.74, 6) is -1.94. The van der Waals surface area contributed by atoms with Crippen LogP contribution in [0.15, 0.2) is 10.7 Å². The maximum atomic E-state index is 12.4. The van der Waals surface area contributed by atoms with E-state index in [1.807, 2.05) is 0 Å². The summed E-state index contributed by atoms with van der Waals surface area (Å²) in [7, 11) is 1.12. The number of hydrogen-bond acceptors (Lipinski definition) is 5. The first-order chi connectivity index (χ1) is 10.0. The molecule has 0 atom stereocenters. The molecule has 0 unspecified atom stereocenters. The highest BCUT2D eigenvalue weighted by molar-refractivity contribution is 6.42. The van der Waals surface area contributed by atoms with E-state index in [2.05, 4.69) is 10.1 Å². The lowest BCUT2D eigenvalue weighted by Crippen LogP contribution is -2.37. The standard InChI is InChI=1S/C15H19NO5/c1-9-12(11(8-21-9)13(17)15(19)20-2)14(18)16-10-6-4-3-5-7-10/h8,10H,3-7H2,1-2H3,(H,16,18). The van der Waals surface area contributed by atoms with Crippen LogP contribution in [0.1, 0.15) is 58.6 Å². The van der Waals surface area contributed by atoms with Crippen molar-refractivity contribution in [3.63, 3.8) is 0 Å². The molecule has 0 aliphatic heterocycles. The first-order valence-electron chi connectivity index (χ1n) is 7.06. The summed E-state index contributed by atoms with van der Waals surface area (Å²) >= 11 is 0. The molecule has 21 heavy (non-hydrogen) atoms. The Morgan fingerprint density at radius 1 is 1.24 bits per heavy atom. The second kappa shape index (κ2) is 6.56. The number of rotatable bonds is 4. The van der Waals surface area contributed by atoms with Crippen molar-refractivity contribution in [2.75, 3.05) is 7.11 Å². The van der Waals surface area contributed by atoms with Crippen LogP contribution < -0.4 is 5.32 Å². The number of methoxy groups -OCH3 is 1. The maximum Gasteiger partial charge on any atom is 0.379 e. The smallest absolute Gasteiger partial charge is 0.379 e. The zero-order chi connectivity index (χ0) is 15.4. The Morgan fingerprint density at radius 2 is 1.90 bits per heavy atom. The van der Waals surface area contributed by atoms with Crippen LogP contribution in [0.25, 0.3) is 0 Å². The molecule has 1 saturated carbocycles. The predicted molar refractivity (Wildman–Crippen MR) is 74.1 cm³/mol. The fourth-order valence-corrected chi connectivity index (χ4v) is 2.61. The van der Waals surface area contributed by atoms with Gasteiger partial charge in [0.1, 0.15) is 12.0 Å². The molecule has 114 valence electrons. The number of hydrogen-bond donors (Lipinski definition) is 1. The van der Waals surface area contributed by atoms with Crippen molar-refractivity contribution < 1.29 is 23.5 Å². The minimum absolute atomic E-state index is 0.0485. The van der Waals surface area contributed by atoms with E-state index in [0.717, 1.165) is 39.1 Å². The Morgan fingerprint density at radius 3 is 2.52 bits per heavy atom. The molecule has 0 bridgehead atoms. The Balaban J connectivity index is 2.18. The summed E-state index contributed by atoms with van der Waals surface area (Å²) in [6.45, 7) is 1.59. The minimum Gasteiger partial charge on any atom is -0.468 e. The van der Waals surface area contributed by atoms with Crippen LogP contribution >= 0.6 is 0 Å². The van der Waals surface area contributed by atoms with Gasteiger partial charge in [-0.3, -0.25) is 9.59 Å². The number of carbonyl (C=O) groups excluding carboxylic acids is 3. The summed E-state index contributed by atoms with van der Waals surface area (Å²) in [6, 6.07) is 0.113. The molecule has 6 heteroatoms. The quantitative estimate of drug-likeness (QED) is 0.521. The molecule has 0 saturated heterocycles. The zero-order valence-corrected chi connectivity index (χ0v) is 12.2. The highest BCUT2D eigenvalue weighted by Gasteiger charge is 2.29. The maximum absolute atomic E-state index is 12.4. The first-order valence-corrected chi connectivity index (χ1v) is 7.06. The van der Waals surface area contributed by atoms with E-state index in [4.69, 9.17) is 4.42 Å². The van der Waals surface area contributed by atoms with Crippen LogP contribution in [-0.4, -0.2) is 30.8 Å². The van der Waals surface area contributed by atoms with E-state index in [0.29, 0.717) is 5.76 Å². The molecular formula is C15H19NO5. The average Bonchev–Trinajstić information content (AvgIpc) is 2.88. The molecule has 0 radical (unpaired) electrons. The zero-order valence-electron chi connectivity index (χ0n) is 12.2. The molecule has 0 aromatic carbocycles. The summed E-state index contributed by atoms with van der Waals surface area (Å²) in [5, 5.41) is 2.91. The molecule has 1 aliphatic carbocycles. The summed E-state index contributed by atoms with van der Waals surface area (Å²) in [4.78, 5) is 35.6. The van der Waals surface area contributed by atoms with E-state index >= 15 is 0 Å². The molecule has 1 amide bonds. The van der Waals surface area contributed by atoms with E-state index in [1.54, 1.807) is 6.92 Å². The molecular weight excluding hydrogens is 274 g/mol. The molecule has 0 spiro atoms. The lowest BCUT2D eigenvalue weighted by atomic mass is 9.95. The van der Waals surface area contributed by atoms with Gasteiger partial charge in [0.25, 0.3) is 11.7 Å². The topological polar surface area (TPSA) is 85.6 Å². The van der Waals surface area contributed by atoms with Gasteiger partial charge < -0.3 is 14.5 Å². The van der Waals surface area contributed by atoms with Crippen molar-refractivity contribution in [2.24, 2.45) is 0 Å². The third-order valence-electron chi connectivity index (χ3n) is 3.76. The fourth-order valence-electron chi connectivity index (χ4n) is 2.61. The first kappa shape index (κ1) is 15.3. The molecule has 1 fully saturated rings. The molecule has 1 aliphatic rings. The van der Waals surface area contributed by atoms with Gasteiger partial charge in [-0.05, 0) is 19.8 Å². The Kier molecular flexibility index (Phi) is 4.77. The van der Waals surface area contributed by atoms with E-state index in [-0.39, 0.29) is 23.1 Å².